The largest absolute Gasteiger partial charge is 0.370 e. The van der Waals surface area contributed by atoms with Crippen LogP contribution in [0, 0.1) is 11.3 Å². The number of aryl methyl sites for hydroxylation is 1. The van der Waals surface area contributed by atoms with Crippen molar-refractivity contribution >= 4 is 16.6 Å². The second-order valence-corrected chi connectivity index (χ2v) is 8.18. The molecule has 154 valence electrons. The molecular formula is C25H24N6. The van der Waals surface area contributed by atoms with Gasteiger partial charge in [0, 0.05) is 48.9 Å². The number of benzene rings is 2. The lowest BCUT2D eigenvalue weighted by Gasteiger charge is -2.32. The predicted molar refractivity (Wildman–Crippen MR) is 124 cm³/mol. The Kier molecular flexibility index (Phi) is 4.89. The molecule has 2 aromatic heterocycles. The van der Waals surface area contributed by atoms with Crippen molar-refractivity contribution in [1.82, 2.24) is 14.8 Å². The number of pyridine rings is 1. The molecule has 0 amide bonds. The van der Waals surface area contributed by atoms with Gasteiger partial charge in [-0.05, 0) is 42.7 Å². The molecule has 0 unspecified atom stereocenters. The third kappa shape index (κ3) is 3.76. The van der Waals surface area contributed by atoms with Crippen molar-refractivity contribution in [2.24, 2.45) is 12.8 Å². The van der Waals surface area contributed by atoms with E-state index in [1.807, 2.05) is 48.4 Å². The molecule has 5 rings (SSSR count). The van der Waals surface area contributed by atoms with Crippen LogP contribution in [0.15, 0.2) is 60.9 Å². The molecule has 4 aromatic rings. The van der Waals surface area contributed by atoms with Gasteiger partial charge in [-0.25, -0.2) is 0 Å². The van der Waals surface area contributed by atoms with Gasteiger partial charge in [-0.1, -0.05) is 24.3 Å². The van der Waals surface area contributed by atoms with E-state index in [1.165, 1.54) is 0 Å². The van der Waals surface area contributed by atoms with Crippen molar-refractivity contribution in [3.8, 4) is 28.5 Å². The molecule has 0 spiro atoms. The van der Waals surface area contributed by atoms with Crippen LogP contribution in [-0.4, -0.2) is 33.9 Å². The number of nitrogens with zero attached hydrogens (tertiary/aromatic N) is 5. The van der Waals surface area contributed by atoms with E-state index in [0.29, 0.717) is 5.56 Å². The molecule has 0 bridgehead atoms. The van der Waals surface area contributed by atoms with E-state index >= 15 is 0 Å². The first-order valence-electron chi connectivity index (χ1n) is 10.6. The van der Waals surface area contributed by atoms with Gasteiger partial charge in [0.05, 0.1) is 34.7 Å². The summed E-state index contributed by atoms with van der Waals surface area (Å²) in [5.74, 6) is 0. The van der Waals surface area contributed by atoms with E-state index in [1.54, 1.807) is 0 Å². The first-order chi connectivity index (χ1) is 15.1. The van der Waals surface area contributed by atoms with Crippen molar-refractivity contribution in [2.45, 2.75) is 18.9 Å². The van der Waals surface area contributed by atoms with E-state index in [-0.39, 0.29) is 6.04 Å². The number of hydrogen-bond acceptors (Lipinski definition) is 5. The fourth-order valence-corrected chi connectivity index (χ4v) is 4.25. The van der Waals surface area contributed by atoms with Crippen LogP contribution in [0.25, 0.3) is 33.3 Å². The molecular weight excluding hydrogens is 384 g/mol. The van der Waals surface area contributed by atoms with Gasteiger partial charge in [-0.3, -0.25) is 9.67 Å². The quantitative estimate of drug-likeness (QED) is 0.552. The maximum absolute atomic E-state index is 9.18. The Bertz CT molecular complexity index is 1270. The SMILES string of the molecule is Cn1cc2ccc(-c3ncc(N4CCC(N)CC4)cc3-c3ccc(C#N)cc3)cc2n1. The molecule has 1 saturated heterocycles. The van der Waals surface area contributed by atoms with Crippen molar-refractivity contribution in [3.63, 3.8) is 0 Å². The molecule has 0 atom stereocenters. The molecule has 0 aliphatic carbocycles. The zero-order chi connectivity index (χ0) is 21.4. The number of fused-ring (bicyclic) bond motifs is 1. The standard InChI is InChI=1S/C25H24N6/c1-30-16-20-7-6-19(12-24(20)29-30)25-23(18-4-2-17(14-26)3-5-18)13-22(15-28-25)31-10-8-21(27)9-11-31/h2-7,12-13,15-16,21H,8-11,27H2,1H3. The first-order valence-corrected chi connectivity index (χ1v) is 10.6. The van der Waals surface area contributed by atoms with Gasteiger partial charge in [0.15, 0.2) is 0 Å². The van der Waals surface area contributed by atoms with E-state index in [0.717, 1.165) is 64.9 Å². The number of rotatable bonds is 3. The zero-order valence-electron chi connectivity index (χ0n) is 17.5. The summed E-state index contributed by atoms with van der Waals surface area (Å²) in [6.07, 6.45) is 5.95. The molecule has 0 saturated carbocycles. The molecule has 2 N–H and O–H groups in total. The molecule has 31 heavy (non-hydrogen) atoms. The Hall–Kier alpha value is -3.69. The molecule has 6 nitrogen and oxygen atoms in total. The molecule has 6 heteroatoms. The average molecular weight is 409 g/mol. The van der Waals surface area contributed by atoms with Gasteiger partial charge in [-0.15, -0.1) is 0 Å². The second kappa shape index (κ2) is 7.86. The van der Waals surface area contributed by atoms with Crippen LogP contribution in [0.1, 0.15) is 18.4 Å². The normalized spacial score (nSPS) is 14.7. The summed E-state index contributed by atoms with van der Waals surface area (Å²) in [7, 11) is 1.93. The Morgan fingerprint density at radius 2 is 1.77 bits per heavy atom. The van der Waals surface area contributed by atoms with Crippen molar-refractivity contribution in [2.75, 3.05) is 18.0 Å². The molecule has 1 fully saturated rings. The van der Waals surface area contributed by atoms with Crippen molar-refractivity contribution < 1.29 is 0 Å². The maximum atomic E-state index is 9.18. The zero-order valence-corrected chi connectivity index (χ0v) is 17.5. The van der Waals surface area contributed by atoms with Gasteiger partial charge in [0.1, 0.15) is 0 Å². The lowest BCUT2D eigenvalue weighted by Crippen LogP contribution is -2.39. The molecule has 0 radical (unpaired) electrons. The van der Waals surface area contributed by atoms with Crippen LogP contribution >= 0.6 is 0 Å². The summed E-state index contributed by atoms with van der Waals surface area (Å²) in [5.41, 5.74) is 12.8. The van der Waals surface area contributed by atoms with Gasteiger partial charge in [0.25, 0.3) is 0 Å². The van der Waals surface area contributed by atoms with Crippen molar-refractivity contribution in [1.29, 1.82) is 5.26 Å². The summed E-state index contributed by atoms with van der Waals surface area (Å²) in [6.45, 7) is 1.88. The lowest BCUT2D eigenvalue weighted by molar-refractivity contribution is 0.501. The minimum atomic E-state index is 0.284. The third-order valence-corrected chi connectivity index (χ3v) is 6.00. The van der Waals surface area contributed by atoms with E-state index in [4.69, 9.17) is 10.7 Å². The van der Waals surface area contributed by atoms with E-state index in [9.17, 15) is 5.26 Å². The lowest BCUT2D eigenvalue weighted by atomic mass is 9.97. The van der Waals surface area contributed by atoms with E-state index < -0.39 is 0 Å². The van der Waals surface area contributed by atoms with Crippen LogP contribution in [-0.2, 0) is 7.05 Å². The smallest absolute Gasteiger partial charge is 0.0991 e. The Labute approximate surface area is 181 Å². The van der Waals surface area contributed by atoms with Crippen LogP contribution in [0.2, 0.25) is 0 Å². The maximum Gasteiger partial charge on any atom is 0.0991 e. The number of anilines is 1. The highest BCUT2D eigenvalue weighted by molar-refractivity contribution is 5.88. The summed E-state index contributed by atoms with van der Waals surface area (Å²) in [5, 5.41) is 14.8. The van der Waals surface area contributed by atoms with Crippen LogP contribution < -0.4 is 10.6 Å². The molecule has 1 aliphatic rings. The Morgan fingerprint density at radius 3 is 2.52 bits per heavy atom. The number of piperidine rings is 1. The second-order valence-electron chi connectivity index (χ2n) is 8.18. The highest BCUT2D eigenvalue weighted by atomic mass is 15.2. The van der Waals surface area contributed by atoms with Crippen LogP contribution in [0.3, 0.4) is 0 Å². The fourth-order valence-electron chi connectivity index (χ4n) is 4.25. The number of nitriles is 1. The number of hydrogen-bond donors (Lipinski definition) is 1. The van der Waals surface area contributed by atoms with Gasteiger partial charge in [-0.2, -0.15) is 10.4 Å². The number of nitrogens with two attached hydrogens (primary N) is 1. The fraction of sp³-hybridized carbons (Fsp3) is 0.240. The first kappa shape index (κ1) is 19.3. The van der Waals surface area contributed by atoms with Gasteiger partial charge < -0.3 is 10.6 Å². The summed E-state index contributed by atoms with van der Waals surface area (Å²) < 4.78 is 1.83. The monoisotopic (exact) mass is 408 g/mol. The summed E-state index contributed by atoms with van der Waals surface area (Å²) >= 11 is 0. The molecule has 1 aliphatic heterocycles. The third-order valence-electron chi connectivity index (χ3n) is 6.00. The number of aromatic nitrogens is 3. The van der Waals surface area contributed by atoms with Gasteiger partial charge in [0.2, 0.25) is 0 Å². The predicted octanol–water partition coefficient (Wildman–Crippen LogP) is 4.10. The Balaban J connectivity index is 1.62. The van der Waals surface area contributed by atoms with Crippen LogP contribution in [0.4, 0.5) is 5.69 Å². The highest BCUT2D eigenvalue weighted by Gasteiger charge is 2.19. The molecule has 2 aromatic carbocycles. The average Bonchev–Trinajstić information content (AvgIpc) is 3.18. The summed E-state index contributed by atoms with van der Waals surface area (Å²) in [4.78, 5) is 7.26. The van der Waals surface area contributed by atoms with Gasteiger partial charge >= 0.3 is 0 Å². The topological polar surface area (TPSA) is 83.8 Å². The minimum Gasteiger partial charge on any atom is -0.370 e. The Morgan fingerprint density at radius 1 is 1.03 bits per heavy atom. The van der Waals surface area contributed by atoms with E-state index in [2.05, 4.69) is 40.3 Å². The van der Waals surface area contributed by atoms with Crippen LogP contribution in [0.5, 0.6) is 0 Å². The van der Waals surface area contributed by atoms with Crippen molar-refractivity contribution in [3.05, 3.63) is 66.5 Å². The molecule has 3 heterocycles. The minimum absolute atomic E-state index is 0.284. The highest BCUT2D eigenvalue weighted by Crippen LogP contribution is 2.35. The summed E-state index contributed by atoms with van der Waals surface area (Å²) in [6, 6.07) is 18.7.